The molecule has 0 unspecified atom stereocenters. The zero-order valence-corrected chi connectivity index (χ0v) is 23.2. The molecule has 8 heteroatoms. The minimum Gasteiger partial charge on any atom is -0.483 e. The van der Waals surface area contributed by atoms with Crippen LogP contribution in [-0.4, -0.2) is 63.5 Å². The summed E-state index contributed by atoms with van der Waals surface area (Å²) in [4.78, 5) is 17.4. The van der Waals surface area contributed by atoms with Crippen LogP contribution in [0.5, 0.6) is 5.75 Å². The molecule has 0 bridgehead atoms. The summed E-state index contributed by atoms with van der Waals surface area (Å²) >= 11 is 0. The fraction of sp³-hybridized carbons (Fsp3) is 0.367. The third kappa shape index (κ3) is 7.01. The van der Waals surface area contributed by atoms with Crippen molar-refractivity contribution in [3.8, 4) is 5.75 Å². The van der Waals surface area contributed by atoms with Crippen LogP contribution in [0.1, 0.15) is 36.6 Å². The Hall–Kier alpha value is -3.20. The number of hydrogen-bond acceptors (Lipinski definition) is 5. The molecule has 3 aromatic rings. The molecule has 1 aliphatic heterocycles. The van der Waals surface area contributed by atoms with Crippen LogP contribution in [0, 0.1) is 12.8 Å². The number of piperazine rings is 1. The number of amides is 1. The van der Waals surface area contributed by atoms with Crippen molar-refractivity contribution in [2.24, 2.45) is 5.92 Å². The maximum absolute atomic E-state index is 13.0. The van der Waals surface area contributed by atoms with E-state index in [1.54, 1.807) is 19.1 Å². The van der Waals surface area contributed by atoms with Gasteiger partial charge in [0.15, 0.2) is 6.61 Å². The quantitative estimate of drug-likeness (QED) is 0.420. The zero-order chi connectivity index (χ0) is 27.1. The molecule has 0 radical (unpaired) electrons. The van der Waals surface area contributed by atoms with Crippen molar-refractivity contribution in [2.75, 3.05) is 39.3 Å². The average molecular weight is 536 g/mol. The first kappa shape index (κ1) is 27.8. The van der Waals surface area contributed by atoms with Gasteiger partial charge in [0, 0.05) is 32.7 Å². The van der Waals surface area contributed by atoms with Gasteiger partial charge in [0.1, 0.15) is 5.75 Å². The standard InChI is InChI=1S/C30H37N3O4S/c1-23(2)21-31-38(35,36)27-14-15-28(24(3)20-27)37-22-29(34)32-16-18-33(19-17-32)30(25-10-6-4-7-11-25)26-12-8-5-9-13-26/h4-15,20,23,30-31H,16-19,21-22H2,1-3H3. The second-order valence-corrected chi connectivity index (χ2v) is 11.9. The molecule has 0 aliphatic carbocycles. The molecule has 1 N–H and O–H groups in total. The lowest BCUT2D eigenvalue weighted by molar-refractivity contribution is -0.135. The highest BCUT2D eigenvalue weighted by molar-refractivity contribution is 7.89. The maximum Gasteiger partial charge on any atom is 0.260 e. The van der Waals surface area contributed by atoms with Gasteiger partial charge in [0.2, 0.25) is 10.0 Å². The van der Waals surface area contributed by atoms with Gasteiger partial charge in [-0.15, -0.1) is 0 Å². The van der Waals surface area contributed by atoms with E-state index in [2.05, 4.69) is 58.2 Å². The number of nitrogens with zero attached hydrogens (tertiary/aromatic N) is 2. The summed E-state index contributed by atoms with van der Waals surface area (Å²) < 4.78 is 33.4. The number of ether oxygens (including phenoxy) is 1. The molecule has 0 saturated carbocycles. The fourth-order valence-electron chi connectivity index (χ4n) is 4.66. The Kier molecular flexibility index (Phi) is 9.20. The largest absolute Gasteiger partial charge is 0.483 e. The Labute approximate surface area is 226 Å². The first-order valence-corrected chi connectivity index (χ1v) is 14.6. The van der Waals surface area contributed by atoms with E-state index in [9.17, 15) is 13.2 Å². The molecule has 0 atom stereocenters. The van der Waals surface area contributed by atoms with Crippen molar-refractivity contribution < 1.29 is 17.9 Å². The van der Waals surface area contributed by atoms with E-state index in [4.69, 9.17) is 4.74 Å². The summed E-state index contributed by atoms with van der Waals surface area (Å²) in [5.74, 6) is 0.646. The number of aryl methyl sites for hydroxylation is 1. The van der Waals surface area contributed by atoms with E-state index in [-0.39, 0.29) is 29.4 Å². The third-order valence-electron chi connectivity index (χ3n) is 6.75. The van der Waals surface area contributed by atoms with Gasteiger partial charge in [-0.1, -0.05) is 74.5 Å². The number of sulfonamides is 1. The van der Waals surface area contributed by atoms with Crippen molar-refractivity contribution >= 4 is 15.9 Å². The fourth-order valence-corrected chi connectivity index (χ4v) is 5.95. The molecule has 1 heterocycles. The molecule has 1 amide bonds. The van der Waals surface area contributed by atoms with E-state index >= 15 is 0 Å². The van der Waals surface area contributed by atoms with Crippen molar-refractivity contribution in [1.29, 1.82) is 0 Å². The van der Waals surface area contributed by atoms with E-state index in [1.165, 1.54) is 17.2 Å². The highest BCUT2D eigenvalue weighted by atomic mass is 32.2. The lowest BCUT2D eigenvalue weighted by Crippen LogP contribution is -2.51. The van der Waals surface area contributed by atoms with Crippen molar-refractivity contribution in [2.45, 2.75) is 31.7 Å². The lowest BCUT2D eigenvalue weighted by atomic mass is 9.96. The van der Waals surface area contributed by atoms with Gasteiger partial charge in [-0.05, 0) is 47.7 Å². The van der Waals surface area contributed by atoms with E-state index in [1.807, 2.05) is 30.9 Å². The summed E-state index contributed by atoms with van der Waals surface area (Å²) in [6, 6.07) is 25.8. The molecule has 3 aromatic carbocycles. The van der Waals surface area contributed by atoms with Crippen LogP contribution < -0.4 is 9.46 Å². The number of hydrogen-bond donors (Lipinski definition) is 1. The molecule has 202 valence electrons. The Bertz CT molecular complexity index is 1270. The highest BCUT2D eigenvalue weighted by Gasteiger charge is 2.28. The summed E-state index contributed by atoms with van der Waals surface area (Å²) in [6.07, 6.45) is 0. The summed E-state index contributed by atoms with van der Waals surface area (Å²) in [5.41, 5.74) is 3.15. The Morgan fingerprint density at radius 1 is 0.895 bits per heavy atom. The van der Waals surface area contributed by atoms with Crippen LogP contribution in [0.25, 0.3) is 0 Å². The molecule has 0 spiro atoms. The second kappa shape index (κ2) is 12.6. The van der Waals surface area contributed by atoms with Crippen LogP contribution in [0.4, 0.5) is 0 Å². The molecule has 0 aromatic heterocycles. The zero-order valence-electron chi connectivity index (χ0n) is 22.3. The number of nitrogens with one attached hydrogen (secondary N) is 1. The van der Waals surface area contributed by atoms with E-state index in [0.29, 0.717) is 30.9 Å². The number of rotatable bonds is 10. The lowest BCUT2D eigenvalue weighted by Gasteiger charge is -2.39. The van der Waals surface area contributed by atoms with Crippen LogP contribution in [0.3, 0.4) is 0 Å². The molecule has 1 aliphatic rings. The average Bonchev–Trinajstić information content (AvgIpc) is 2.93. The summed E-state index contributed by atoms with van der Waals surface area (Å²) in [7, 11) is -3.58. The minimum absolute atomic E-state index is 0.0738. The Morgan fingerprint density at radius 2 is 1.47 bits per heavy atom. The van der Waals surface area contributed by atoms with Crippen molar-refractivity contribution in [3.63, 3.8) is 0 Å². The third-order valence-corrected chi connectivity index (χ3v) is 8.17. The molecule has 7 nitrogen and oxygen atoms in total. The van der Waals surface area contributed by atoms with Gasteiger partial charge in [-0.25, -0.2) is 13.1 Å². The predicted molar refractivity (Wildman–Crippen MR) is 150 cm³/mol. The predicted octanol–water partition coefficient (Wildman–Crippen LogP) is 4.24. The van der Waals surface area contributed by atoms with Gasteiger partial charge in [0.05, 0.1) is 10.9 Å². The van der Waals surface area contributed by atoms with Crippen LogP contribution in [0.2, 0.25) is 0 Å². The van der Waals surface area contributed by atoms with Crippen molar-refractivity contribution in [3.05, 3.63) is 95.6 Å². The number of carbonyl (C=O) groups excluding carboxylic acids is 1. The molecule has 4 rings (SSSR count). The number of carbonyl (C=O) groups is 1. The monoisotopic (exact) mass is 535 g/mol. The Balaban J connectivity index is 1.34. The van der Waals surface area contributed by atoms with Crippen molar-refractivity contribution in [1.82, 2.24) is 14.5 Å². The van der Waals surface area contributed by atoms with Crippen LogP contribution >= 0.6 is 0 Å². The van der Waals surface area contributed by atoms with Gasteiger partial charge in [-0.3, -0.25) is 9.69 Å². The van der Waals surface area contributed by atoms with E-state index in [0.717, 1.165) is 13.1 Å². The molecule has 38 heavy (non-hydrogen) atoms. The number of benzene rings is 3. The molecule has 1 saturated heterocycles. The van der Waals surface area contributed by atoms with Gasteiger partial charge >= 0.3 is 0 Å². The minimum atomic E-state index is -3.58. The van der Waals surface area contributed by atoms with Gasteiger partial charge < -0.3 is 9.64 Å². The van der Waals surface area contributed by atoms with E-state index < -0.39 is 10.0 Å². The first-order chi connectivity index (χ1) is 18.2. The maximum atomic E-state index is 13.0. The summed E-state index contributed by atoms with van der Waals surface area (Å²) in [6.45, 7) is 8.74. The normalized spacial score (nSPS) is 14.7. The van der Waals surface area contributed by atoms with Gasteiger partial charge in [-0.2, -0.15) is 0 Å². The first-order valence-electron chi connectivity index (χ1n) is 13.1. The van der Waals surface area contributed by atoms with Crippen LogP contribution in [-0.2, 0) is 14.8 Å². The van der Waals surface area contributed by atoms with Crippen LogP contribution in [0.15, 0.2) is 83.8 Å². The summed E-state index contributed by atoms with van der Waals surface area (Å²) in [5, 5.41) is 0. The smallest absolute Gasteiger partial charge is 0.260 e. The highest BCUT2D eigenvalue weighted by Crippen LogP contribution is 2.29. The second-order valence-electron chi connectivity index (χ2n) is 10.1. The molecular formula is C30H37N3O4S. The topological polar surface area (TPSA) is 78.9 Å². The molecule has 1 fully saturated rings. The van der Waals surface area contributed by atoms with Gasteiger partial charge in [0.25, 0.3) is 5.91 Å². The Morgan fingerprint density at radius 3 is 2.00 bits per heavy atom. The molecular weight excluding hydrogens is 498 g/mol. The SMILES string of the molecule is Cc1cc(S(=O)(=O)NCC(C)C)ccc1OCC(=O)N1CCN(C(c2ccccc2)c2ccccc2)CC1.